The fourth-order valence-corrected chi connectivity index (χ4v) is 2.76. The van der Waals surface area contributed by atoms with E-state index in [1.807, 2.05) is 0 Å². The van der Waals surface area contributed by atoms with Crippen molar-refractivity contribution in [1.29, 1.82) is 0 Å². The Bertz CT molecular complexity index is 245. The van der Waals surface area contributed by atoms with Crippen LogP contribution in [0.5, 0.6) is 0 Å². The number of rotatable bonds is 5. The summed E-state index contributed by atoms with van der Waals surface area (Å²) in [5.74, 6) is 0.466. The molecule has 1 unspecified atom stereocenters. The Hall–Kier alpha value is -0.290. The van der Waals surface area contributed by atoms with Crippen molar-refractivity contribution in [2.75, 3.05) is 32.7 Å². The van der Waals surface area contributed by atoms with E-state index < -0.39 is 12.7 Å². The highest BCUT2D eigenvalue weighted by molar-refractivity contribution is 4.85. The van der Waals surface area contributed by atoms with Crippen LogP contribution in [0, 0.1) is 11.3 Å². The Labute approximate surface area is 108 Å². The summed E-state index contributed by atoms with van der Waals surface area (Å²) in [5, 5.41) is 3.34. The summed E-state index contributed by atoms with van der Waals surface area (Å²) in [7, 11) is 0. The third-order valence-electron chi connectivity index (χ3n) is 3.88. The molecule has 0 radical (unpaired) electrons. The molecule has 0 bridgehead atoms. The van der Waals surface area contributed by atoms with Crippen LogP contribution in [0.3, 0.4) is 0 Å². The number of hydrogen-bond acceptors (Lipinski definition) is 2. The molecule has 0 amide bonds. The van der Waals surface area contributed by atoms with E-state index in [1.54, 1.807) is 6.92 Å². The molecule has 5 heteroatoms. The first-order chi connectivity index (χ1) is 8.24. The fourth-order valence-electron chi connectivity index (χ4n) is 2.76. The Morgan fingerprint density at radius 3 is 2.33 bits per heavy atom. The van der Waals surface area contributed by atoms with Crippen LogP contribution in [0.25, 0.3) is 0 Å². The van der Waals surface area contributed by atoms with Crippen molar-refractivity contribution in [2.24, 2.45) is 11.3 Å². The topological polar surface area (TPSA) is 15.3 Å². The molecule has 1 aliphatic heterocycles. The third kappa shape index (κ3) is 5.14. The van der Waals surface area contributed by atoms with Crippen molar-refractivity contribution in [2.45, 2.75) is 39.8 Å². The molecule has 108 valence electrons. The van der Waals surface area contributed by atoms with Crippen molar-refractivity contribution < 1.29 is 13.2 Å². The standard InChI is InChI=1S/C13H25F3N2/c1-4-18(10-13(14,15)16)9-12(2,3)11-6-5-7-17-8-11/h11,17H,4-10H2,1-3H3. The number of nitrogens with zero attached hydrogens (tertiary/aromatic N) is 1. The zero-order valence-electron chi connectivity index (χ0n) is 11.6. The lowest BCUT2D eigenvalue weighted by molar-refractivity contribution is -0.149. The van der Waals surface area contributed by atoms with Crippen LogP contribution in [-0.4, -0.2) is 43.8 Å². The smallest absolute Gasteiger partial charge is 0.316 e. The minimum atomic E-state index is -4.10. The zero-order valence-corrected chi connectivity index (χ0v) is 11.6. The molecule has 0 spiro atoms. The molecular weight excluding hydrogens is 241 g/mol. The first-order valence-corrected chi connectivity index (χ1v) is 6.74. The number of halogens is 3. The molecule has 0 saturated carbocycles. The molecule has 1 fully saturated rings. The molecule has 18 heavy (non-hydrogen) atoms. The van der Waals surface area contributed by atoms with Gasteiger partial charge in [-0.25, -0.2) is 0 Å². The molecule has 1 saturated heterocycles. The highest BCUT2D eigenvalue weighted by Gasteiger charge is 2.36. The Kier molecular flexibility index (Phi) is 5.46. The van der Waals surface area contributed by atoms with E-state index in [4.69, 9.17) is 0 Å². The zero-order chi connectivity index (χ0) is 13.8. The Morgan fingerprint density at radius 1 is 1.22 bits per heavy atom. The van der Waals surface area contributed by atoms with Crippen LogP contribution in [0.15, 0.2) is 0 Å². The number of piperidine rings is 1. The van der Waals surface area contributed by atoms with Crippen molar-refractivity contribution in [3.63, 3.8) is 0 Å². The molecule has 0 aromatic heterocycles. The SMILES string of the molecule is CCN(CC(F)(F)F)CC(C)(C)C1CCCNC1. The van der Waals surface area contributed by atoms with Gasteiger partial charge < -0.3 is 5.32 Å². The highest BCUT2D eigenvalue weighted by Crippen LogP contribution is 2.33. The van der Waals surface area contributed by atoms with E-state index >= 15 is 0 Å². The van der Waals surface area contributed by atoms with Crippen molar-refractivity contribution in [3.8, 4) is 0 Å². The van der Waals surface area contributed by atoms with Crippen LogP contribution in [0.2, 0.25) is 0 Å². The molecular formula is C13H25F3N2. The molecule has 1 aliphatic rings. The van der Waals surface area contributed by atoms with E-state index in [2.05, 4.69) is 19.2 Å². The average molecular weight is 266 g/mol. The summed E-state index contributed by atoms with van der Waals surface area (Å²) >= 11 is 0. The molecule has 1 rings (SSSR count). The number of alkyl halides is 3. The second-order valence-electron chi connectivity index (χ2n) is 5.95. The fraction of sp³-hybridized carbons (Fsp3) is 1.00. The van der Waals surface area contributed by atoms with Crippen LogP contribution in [-0.2, 0) is 0 Å². The number of hydrogen-bond donors (Lipinski definition) is 1. The van der Waals surface area contributed by atoms with Gasteiger partial charge in [0.15, 0.2) is 0 Å². The summed E-state index contributed by atoms with van der Waals surface area (Å²) in [6.45, 7) is 8.09. The van der Waals surface area contributed by atoms with Gasteiger partial charge in [0, 0.05) is 6.54 Å². The van der Waals surface area contributed by atoms with Gasteiger partial charge in [0.25, 0.3) is 0 Å². The molecule has 0 aliphatic carbocycles. The Balaban J connectivity index is 2.55. The predicted octanol–water partition coefficient (Wildman–Crippen LogP) is 2.90. The van der Waals surface area contributed by atoms with Crippen LogP contribution < -0.4 is 5.32 Å². The van der Waals surface area contributed by atoms with Crippen LogP contribution >= 0.6 is 0 Å². The summed E-state index contributed by atoms with van der Waals surface area (Å²) in [6.07, 6.45) is -1.86. The van der Waals surface area contributed by atoms with Gasteiger partial charge >= 0.3 is 6.18 Å². The minimum absolute atomic E-state index is 0.0747. The van der Waals surface area contributed by atoms with Crippen molar-refractivity contribution in [1.82, 2.24) is 10.2 Å². The highest BCUT2D eigenvalue weighted by atomic mass is 19.4. The van der Waals surface area contributed by atoms with E-state index in [1.165, 1.54) is 4.90 Å². The third-order valence-corrected chi connectivity index (χ3v) is 3.88. The molecule has 1 heterocycles. The van der Waals surface area contributed by atoms with Crippen LogP contribution in [0.4, 0.5) is 13.2 Å². The summed E-state index contributed by atoms with van der Waals surface area (Å²) in [4.78, 5) is 1.51. The maximum absolute atomic E-state index is 12.5. The predicted molar refractivity (Wildman–Crippen MR) is 67.5 cm³/mol. The van der Waals surface area contributed by atoms with Crippen LogP contribution in [0.1, 0.15) is 33.6 Å². The van der Waals surface area contributed by atoms with E-state index in [0.29, 0.717) is 19.0 Å². The largest absolute Gasteiger partial charge is 0.401 e. The van der Waals surface area contributed by atoms with Crippen molar-refractivity contribution >= 4 is 0 Å². The van der Waals surface area contributed by atoms with Gasteiger partial charge in [0.1, 0.15) is 0 Å². The first-order valence-electron chi connectivity index (χ1n) is 6.74. The van der Waals surface area contributed by atoms with Gasteiger partial charge in [-0.05, 0) is 43.8 Å². The van der Waals surface area contributed by atoms with Gasteiger partial charge in [-0.3, -0.25) is 4.90 Å². The summed E-state index contributed by atoms with van der Waals surface area (Å²) in [6, 6.07) is 0. The lowest BCUT2D eigenvalue weighted by atomic mass is 9.74. The van der Waals surface area contributed by atoms with E-state index in [9.17, 15) is 13.2 Å². The van der Waals surface area contributed by atoms with Gasteiger partial charge in [0.2, 0.25) is 0 Å². The molecule has 1 atom stereocenters. The van der Waals surface area contributed by atoms with Gasteiger partial charge in [-0.15, -0.1) is 0 Å². The molecule has 0 aromatic carbocycles. The van der Waals surface area contributed by atoms with Crippen molar-refractivity contribution in [3.05, 3.63) is 0 Å². The summed E-state index contributed by atoms with van der Waals surface area (Å²) < 4.78 is 37.4. The quantitative estimate of drug-likeness (QED) is 0.823. The molecule has 0 aromatic rings. The molecule has 2 nitrogen and oxygen atoms in total. The molecule has 1 N–H and O–H groups in total. The maximum atomic E-state index is 12.5. The minimum Gasteiger partial charge on any atom is -0.316 e. The first kappa shape index (κ1) is 15.8. The number of nitrogens with one attached hydrogen (secondary N) is 1. The normalized spacial score (nSPS) is 22.5. The second-order valence-corrected chi connectivity index (χ2v) is 5.95. The van der Waals surface area contributed by atoms with Gasteiger partial charge in [-0.2, -0.15) is 13.2 Å². The average Bonchev–Trinajstić information content (AvgIpc) is 2.27. The lowest BCUT2D eigenvalue weighted by Gasteiger charge is -2.40. The maximum Gasteiger partial charge on any atom is 0.401 e. The van der Waals surface area contributed by atoms with E-state index in [-0.39, 0.29) is 5.41 Å². The summed E-state index contributed by atoms with van der Waals surface area (Å²) in [5.41, 5.74) is -0.0747. The monoisotopic (exact) mass is 266 g/mol. The van der Waals surface area contributed by atoms with E-state index in [0.717, 1.165) is 25.9 Å². The van der Waals surface area contributed by atoms with Gasteiger partial charge in [0.05, 0.1) is 6.54 Å². The lowest BCUT2D eigenvalue weighted by Crippen LogP contribution is -2.46. The van der Waals surface area contributed by atoms with Gasteiger partial charge in [-0.1, -0.05) is 20.8 Å². The second kappa shape index (κ2) is 6.24. The Morgan fingerprint density at radius 2 is 1.89 bits per heavy atom.